The Hall–Kier alpha value is -2.64. The van der Waals surface area contributed by atoms with E-state index >= 15 is 0 Å². The second kappa shape index (κ2) is 8.24. The molecule has 0 bridgehead atoms. The summed E-state index contributed by atoms with van der Waals surface area (Å²) in [6, 6.07) is 7.07. The van der Waals surface area contributed by atoms with Crippen LogP contribution in [0.4, 0.5) is 10.3 Å². The molecule has 2 saturated heterocycles. The third kappa shape index (κ3) is 3.95. The molecule has 0 amide bonds. The number of rotatable bonds is 4. The van der Waals surface area contributed by atoms with Crippen LogP contribution < -0.4 is 11.3 Å². The minimum atomic E-state index is -4.28. The number of nitrogens with one attached hydrogen (secondary N) is 1. The fourth-order valence-electron chi connectivity index (χ4n) is 4.07. The van der Waals surface area contributed by atoms with Crippen LogP contribution in [0.25, 0.3) is 11.0 Å². The number of phosphoric acid groups is 1. The number of halogens is 1. The molecule has 0 saturated carbocycles. The van der Waals surface area contributed by atoms with E-state index < -0.39 is 49.5 Å². The van der Waals surface area contributed by atoms with Gasteiger partial charge in [-0.1, -0.05) is 12.1 Å². The highest BCUT2D eigenvalue weighted by atomic mass is 31.2. The number of aliphatic hydroxyl groups is 2. The van der Waals surface area contributed by atoms with Crippen molar-refractivity contribution in [2.75, 3.05) is 12.3 Å². The van der Waals surface area contributed by atoms with Crippen molar-refractivity contribution in [2.24, 2.45) is 0 Å². The fourth-order valence-corrected chi connectivity index (χ4v) is 5.53. The van der Waals surface area contributed by atoms with Crippen molar-refractivity contribution in [1.29, 1.82) is 0 Å². The lowest BCUT2D eigenvalue weighted by Gasteiger charge is -2.31. The van der Waals surface area contributed by atoms with Crippen LogP contribution >= 0.6 is 7.82 Å². The van der Waals surface area contributed by atoms with Crippen LogP contribution in [0.15, 0.2) is 41.3 Å². The predicted molar refractivity (Wildman–Crippen MR) is 115 cm³/mol. The van der Waals surface area contributed by atoms with Gasteiger partial charge in [0.2, 0.25) is 12.2 Å². The van der Waals surface area contributed by atoms with Crippen LogP contribution in [0.1, 0.15) is 31.2 Å². The van der Waals surface area contributed by atoms with Crippen molar-refractivity contribution in [2.45, 2.75) is 43.7 Å². The highest BCUT2D eigenvalue weighted by molar-refractivity contribution is 7.48. The lowest BCUT2D eigenvalue weighted by Crippen LogP contribution is -2.44. The Balaban J connectivity index is 1.40. The van der Waals surface area contributed by atoms with Gasteiger partial charge in [0.05, 0.1) is 18.1 Å². The Morgan fingerprint density at radius 3 is 2.97 bits per heavy atom. The number of H-pyrrole nitrogens is 1. The fraction of sp³-hybridized carbons (Fsp3) is 0.400. The largest absolute Gasteiger partial charge is 0.477 e. The molecule has 14 heteroatoms. The van der Waals surface area contributed by atoms with Crippen LogP contribution in [-0.2, 0) is 22.9 Å². The molecule has 0 spiro atoms. The molecule has 2 fully saturated rings. The van der Waals surface area contributed by atoms with Crippen LogP contribution in [0.5, 0.6) is 0 Å². The van der Waals surface area contributed by atoms with Crippen LogP contribution in [0.2, 0.25) is 0 Å². The highest BCUT2D eigenvalue weighted by Crippen LogP contribution is 2.59. The third-order valence-electron chi connectivity index (χ3n) is 5.81. The van der Waals surface area contributed by atoms with E-state index in [0.29, 0.717) is 12.0 Å². The zero-order chi connectivity index (χ0) is 24.3. The molecule has 2 aliphatic heterocycles. The van der Waals surface area contributed by atoms with Gasteiger partial charge in [-0.05, 0) is 30.7 Å². The van der Waals surface area contributed by atoms with E-state index in [1.54, 1.807) is 6.07 Å². The molecule has 2 aromatic heterocycles. The van der Waals surface area contributed by atoms with Gasteiger partial charge in [-0.2, -0.15) is 4.98 Å². The van der Waals surface area contributed by atoms with Crippen molar-refractivity contribution in [3.63, 3.8) is 0 Å². The van der Waals surface area contributed by atoms with Gasteiger partial charge in [-0.25, -0.2) is 8.96 Å². The van der Waals surface area contributed by atoms with Gasteiger partial charge in [-0.3, -0.25) is 23.3 Å². The zero-order valence-corrected chi connectivity index (χ0v) is 18.7. The van der Waals surface area contributed by atoms with Gasteiger partial charge in [0.1, 0.15) is 17.5 Å². The standard InChI is InChI=1S/C20H22FN4O8P/c1-20(28)14(26)17(31-18(20)25-7-5-12-15(25)23-19(22)24-16(12)27)33-34(29)30-8-6-13(32-34)10-3-2-4-11(21)9-10/h2-5,7,9,13-14,17-18,26,28H,6,8H2,1H3,(H3,22,23,24,27)/t13-,14+,17?,18+,20+,34?/m0/s1. The summed E-state index contributed by atoms with van der Waals surface area (Å²) in [5.74, 6) is -0.635. The van der Waals surface area contributed by atoms with Crippen LogP contribution in [0, 0.1) is 5.82 Å². The zero-order valence-electron chi connectivity index (χ0n) is 17.8. The minimum absolute atomic E-state index is 0.0185. The van der Waals surface area contributed by atoms with E-state index in [1.807, 2.05) is 0 Å². The number of phosphoric ester groups is 1. The summed E-state index contributed by atoms with van der Waals surface area (Å²) in [6.07, 6.45) is -3.68. The number of nitrogens with zero attached hydrogens (tertiary/aromatic N) is 2. The second-order valence-electron chi connectivity index (χ2n) is 8.26. The van der Waals surface area contributed by atoms with E-state index in [0.717, 1.165) is 0 Å². The van der Waals surface area contributed by atoms with Crippen LogP contribution in [0.3, 0.4) is 0 Å². The van der Waals surface area contributed by atoms with Crippen molar-refractivity contribution in [3.8, 4) is 0 Å². The average Bonchev–Trinajstić information content (AvgIpc) is 3.27. The number of nitrogens with two attached hydrogens (primary N) is 1. The molecule has 2 unspecified atom stereocenters. The third-order valence-corrected chi connectivity index (χ3v) is 7.29. The molecule has 2 aliphatic rings. The normalized spacial score (nSPS) is 34.0. The SMILES string of the molecule is C[C@@]1(O)[C@H](O)C(OP2(=O)OCC[C@@H](c3cccc(F)c3)O2)O[C@H]1n1ccc2c(=O)[nH]c(N)nc21. The van der Waals surface area contributed by atoms with E-state index in [-0.39, 0.29) is 23.6 Å². The molecular weight excluding hydrogens is 474 g/mol. The Morgan fingerprint density at radius 1 is 1.41 bits per heavy atom. The molecule has 4 heterocycles. The van der Waals surface area contributed by atoms with E-state index in [1.165, 1.54) is 42.0 Å². The quantitative estimate of drug-likeness (QED) is 0.390. The van der Waals surface area contributed by atoms with Gasteiger partial charge in [-0.15, -0.1) is 0 Å². The Labute approximate surface area is 191 Å². The summed E-state index contributed by atoms with van der Waals surface area (Å²) in [5.41, 5.74) is 3.71. The van der Waals surface area contributed by atoms with Gasteiger partial charge in [0.15, 0.2) is 11.9 Å². The first-order valence-corrected chi connectivity index (χ1v) is 11.8. The van der Waals surface area contributed by atoms with Crippen molar-refractivity contribution < 1.29 is 37.5 Å². The maximum atomic E-state index is 13.6. The first-order chi connectivity index (χ1) is 16.1. The summed E-state index contributed by atoms with van der Waals surface area (Å²) in [6.45, 7) is 1.26. The van der Waals surface area contributed by atoms with Gasteiger partial charge in [0, 0.05) is 12.6 Å². The van der Waals surface area contributed by atoms with Gasteiger partial charge in [0.25, 0.3) is 5.56 Å². The average molecular weight is 496 g/mol. The number of anilines is 1. The summed E-state index contributed by atoms with van der Waals surface area (Å²) >= 11 is 0. The number of nitrogen functional groups attached to an aromatic ring is 1. The molecule has 0 aliphatic carbocycles. The maximum Gasteiger partial charge on any atom is 0.477 e. The number of ether oxygens (including phenoxy) is 1. The first kappa shape index (κ1) is 23.1. The summed E-state index contributed by atoms with van der Waals surface area (Å²) < 4.78 is 50.0. The van der Waals surface area contributed by atoms with Gasteiger partial charge < -0.3 is 25.3 Å². The Kier molecular flexibility index (Phi) is 5.60. The predicted octanol–water partition coefficient (Wildman–Crippen LogP) is 1.72. The number of aliphatic hydroxyl groups excluding tert-OH is 1. The molecule has 34 heavy (non-hydrogen) atoms. The first-order valence-electron chi connectivity index (χ1n) is 10.4. The molecule has 6 atom stereocenters. The number of hydrogen-bond donors (Lipinski definition) is 4. The summed E-state index contributed by atoms with van der Waals surface area (Å²) in [7, 11) is -4.28. The Morgan fingerprint density at radius 2 is 2.21 bits per heavy atom. The molecule has 3 aromatic rings. The topological polar surface area (TPSA) is 171 Å². The lowest BCUT2D eigenvalue weighted by molar-refractivity contribution is -0.145. The summed E-state index contributed by atoms with van der Waals surface area (Å²) in [5, 5.41) is 21.9. The van der Waals surface area contributed by atoms with Crippen molar-refractivity contribution in [3.05, 3.63) is 58.3 Å². The van der Waals surface area contributed by atoms with E-state index in [4.69, 9.17) is 24.0 Å². The second-order valence-corrected chi connectivity index (χ2v) is 9.84. The van der Waals surface area contributed by atoms with E-state index in [9.17, 15) is 24.0 Å². The Bertz CT molecular complexity index is 1340. The minimum Gasteiger partial charge on any atom is -0.385 e. The van der Waals surface area contributed by atoms with E-state index in [2.05, 4.69) is 9.97 Å². The van der Waals surface area contributed by atoms with Crippen molar-refractivity contribution in [1.82, 2.24) is 14.5 Å². The number of fused-ring (bicyclic) bond motifs is 1. The lowest BCUT2D eigenvalue weighted by atomic mass is 9.99. The maximum absolute atomic E-state index is 13.6. The molecule has 1 aromatic carbocycles. The molecule has 5 rings (SSSR count). The smallest absolute Gasteiger partial charge is 0.385 e. The number of hydrogen-bond acceptors (Lipinski definition) is 10. The van der Waals surface area contributed by atoms with Gasteiger partial charge >= 0.3 is 7.82 Å². The van der Waals surface area contributed by atoms with Crippen molar-refractivity contribution >= 4 is 24.8 Å². The molecule has 182 valence electrons. The highest BCUT2D eigenvalue weighted by Gasteiger charge is 2.56. The number of benzene rings is 1. The molecule has 5 N–H and O–H groups in total. The monoisotopic (exact) mass is 496 g/mol. The van der Waals surface area contributed by atoms with Crippen LogP contribution in [-0.4, -0.2) is 49.4 Å². The molecule has 12 nitrogen and oxygen atoms in total. The summed E-state index contributed by atoms with van der Waals surface area (Å²) in [4.78, 5) is 18.6. The number of aromatic nitrogens is 3. The molecular formula is C20H22FN4O8P. The molecule has 0 radical (unpaired) electrons. The number of aromatic amines is 1.